The molecule has 7 nitrogen and oxygen atoms in total. The van der Waals surface area contributed by atoms with Crippen LogP contribution in [0.15, 0.2) is 47.2 Å². The Bertz CT molecular complexity index is 1140. The molecule has 0 spiro atoms. The zero-order valence-corrected chi connectivity index (χ0v) is 17.3. The van der Waals surface area contributed by atoms with E-state index in [1.807, 2.05) is 21.4 Å². The SMILES string of the molecule is O=C(O)NCC[C@@H]1CNC(=O)c2cc(-c3cccc(OC(F)(F)F)c3)c(-c3ccsc3)n21. The summed E-state index contributed by atoms with van der Waals surface area (Å²) in [5.41, 5.74) is 2.89. The van der Waals surface area contributed by atoms with E-state index in [4.69, 9.17) is 5.11 Å². The minimum Gasteiger partial charge on any atom is -0.465 e. The van der Waals surface area contributed by atoms with Crippen LogP contribution in [0.5, 0.6) is 5.75 Å². The van der Waals surface area contributed by atoms with E-state index in [-0.39, 0.29) is 24.2 Å². The summed E-state index contributed by atoms with van der Waals surface area (Å²) in [6.07, 6.45) is -5.54. The minimum absolute atomic E-state index is 0.181. The maximum atomic E-state index is 12.7. The first-order valence-electron chi connectivity index (χ1n) is 9.62. The van der Waals surface area contributed by atoms with Gasteiger partial charge in [0.15, 0.2) is 0 Å². The number of nitrogens with zero attached hydrogens (tertiary/aromatic N) is 1. The van der Waals surface area contributed by atoms with Gasteiger partial charge < -0.3 is 25.0 Å². The lowest BCUT2D eigenvalue weighted by Crippen LogP contribution is -2.40. The number of benzene rings is 1. The van der Waals surface area contributed by atoms with Crippen molar-refractivity contribution < 1.29 is 32.6 Å². The molecular formula is C21H18F3N3O4S. The van der Waals surface area contributed by atoms with Crippen molar-refractivity contribution in [2.24, 2.45) is 0 Å². The van der Waals surface area contributed by atoms with Gasteiger partial charge in [0.1, 0.15) is 11.4 Å². The van der Waals surface area contributed by atoms with Gasteiger partial charge in [0.2, 0.25) is 0 Å². The van der Waals surface area contributed by atoms with Gasteiger partial charge in [0.25, 0.3) is 5.91 Å². The number of halogens is 3. The molecule has 3 heterocycles. The number of carbonyl (C=O) groups is 2. The molecule has 32 heavy (non-hydrogen) atoms. The third-order valence-electron chi connectivity index (χ3n) is 5.06. The van der Waals surface area contributed by atoms with Gasteiger partial charge in [-0.3, -0.25) is 4.79 Å². The number of carboxylic acid groups (broad SMARTS) is 1. The van der Waals surface area contributed by atoms with E-state index in [1.165, 1.54) is 29.5 Å². The summed E-state index contributed by atoms with van der Waals surface area (Å²) >= 11 is 1.45. The van der Waals surface area contributed by atoms with Gasteiger partial charge in [-0.15, -0.1) is 13.2 Å². The molecule has 1 aliphatic heterocycles. The number of carbonyl (C=O) groups excluding carboxylic acids is 1. The number of aromatic nitrogens is 1. The van der Waals surface area contributed by atoms with Gasteiger partial charge in [0.05, 0.1) is 11.7 Å². The minimum atomic E-state index is -4.82. The number of alkyl halides is 3. The summed E-state index contributed by atoms with van der Waals surface area (Å²) in [6.45, 7) is 0.483. The summed E-state index contributed by atoms with van der Waals surface area (Å²) in [5.74, 6) is -0.667. The Morgan fingerprint density at radius 2 is 2.09 bits per heavy atom. The molecule has 3 aromatic rings. The molecule has 0 fully saturated rings. The van der Waals surface area contributed by atoms with Crippen molar-refractivity contribution in [2.75, 3.05) is 13.1 Å². The highest BCUT2D eigenvalue weighted by Crippen LogP contribution is 2.41. The van der Waals surface area contributed by atoms with E-state index < -0.39 is 12.5 Å². The quantitative estimate of drug-likeness (QED) is 0.491. The topological polar surface area (TPSA) is 92.6 Å². The average Bonchev–Trinajstić information content (AvgIpc) is 3.36. The molecule has 2 aromatic heterocycles. The van der Waals surface area contributed by atoms with Crippen LogP contribution in [0, 0.1) is 0 Å². The number of fused-ring (bicyclic) bond motifs is 1. The maximum absolute atomic E-state index is 12.7. The number of ether oxygens (including phenoxy) is 1. The molecular weight excluding hydrogens is 447 g/mol. The van der Waals surface area contributed by atoms with Crippen molar-refractivity contribution in [2.45, 2.75) is 18.8 Å². The van der Waals surface area contributed by atoms with Gasteiger partial charge in [-0.05, 0) is 41.6 Å². The molecule has 168 valence electrons. The van der Waals surface area contributed by atoms with Crippen LogP contribution in [-0.4, -0.2) is 41.1 Å². The molecule has 2 amide bonds. The Balaban J connectivity index is 1.82. The highest BCUT2D eigenvalue weighted by Gasteiger charge is 2.33. The van der Waals surface area contributed by atoms with Crippen molar-refractivity contribution in [3.05, 3.63) is 52.9 Å². The first kappa shape index (κ1) is 21.8. The largest absolute Gasteiger partial charge is 0.573 e. The second-order valence-corrected chi connectivity index (χ2v) is 7.91. The Morgan fingerprint density at radius 1 is 1.28 bits per heavy atom. The Hall–Kier alpha value is -3.47. The first-order chi connectivity index (χ1) is 15.2. The second kappa shape index (κ2) is 8.58. The van der Waals surface area contributed by atoms with Crippen molar-refractivity contribution in [3.63, 3.8) is 0 Å². The molecule has 0 saturated heterocycles. The second-order valence-electron chi connectivity index (χ2n) is 7.13. The third-order valence-corrected chi connectivity index (χ3v) is 5.74. The predicted octanol–water partition coefficient (Wildman–Crippen LogP) is 4.72. The first-order valence-corrected chi connectivity index (χ1v) is 10.6. The lowest BCUT2D eigenvalue weighted by molar-refractivity contribution is -0.274. The third kappa shape index (κ3) is 4.57. The number of rotatable bonds is 6. The Labute approximate surface area is 184 Å². The van der Waals surface area contributed by atoms with Gasteiger partial charge in [-0.25, -0.2) is 4.79 Å². The summed E-state index contributed by atoms with van der Waals surface area (Å²) in [7, 11) is 0. The fourth-order valence-corrected chi connectivity index (χ4v) is 4.46. The average molecular weight is 465 g/mol. The molecule has 0 saturated carbocycles. The maximum Gasteiger partial charge on any atom is 0.573 e. The molecule has 4 rings (SSSR count). The predicted molar refractivity (Wildman–Crippen MR) is 112 cm³/mol. The highest BCUT2D eigenvalue weighted by atomic mass is 32.1. The van der Waals surface area contributed by atoms with Crippen molar-refractivity contribution in [1.82, 2.24) is 15.2 Å². The van der Waals surface area contributed by atoms with E-state index in [0.29, 0.717) is 35.5 Å². The van der Waals surface area contributed by atoms with E-state index in [1.54, 1.807) is 12.1 Å². The Morgan fingerprint density at radius 3 is 2.78 bits per heavy atom. The van der Waals surface area contributed by atoms with Crippen molar-refractivity contribution in [1.29, 1.82) is 0 Å². The number of nitrogens with one attached hydrogen (secondary N) is 2. The summed E-state index contributed by atoms with van der Waals surface area (Å²) in [5, 5.41) is 17.8. The summed E-state index contributed by atoms with van der Waals surface area (Å²) < 4.78 is 44.1. The number of hydrogen-bond acceptors (Lipinski definition) is 4. The molecule has 0 aliphatic carbocycles. The van der Waals surface area contributed by atoms with Gasteiger partial charge in [-0.1, -0.05) is 12.1 Å². The van der Waals surface area contributed by atoms with Crippen LogP contribution in [0.2, 0.25) is 0 Å². The number of hydrogen-bond donors (Lipinski definition) is 3. The van der Waals surface area contributed by atoms with E-state index in [0.717, 1.165) is 5.56 Å². The molecule has 1 aromatic carbocycles. The Kier molecular flexibility index (Phi) is 5.83. The van der Waals surface area contributed by atoms with Crippen LogP contribution in [0.4, 0.5) is 18.0 Å². The fraction of sp³-hybridized carbons (Fsp3) is 0.238. The zero-order valence-electron chi connectivity index (χ0n) is 16.5. The molecule has 0 bridgehead atoms. The van der Waals surface area contributed by atoms with E-state index >= 15 is 0 Å². The normalized spacial score (nSPS) is 15.7. The lowest BCUT2D eigenvalue weighted by atomic mass is 10.0. The molecule has 1 aliphatic rings. The van der Waals surface area contributed by atoms with Crippen LogP contribution in [0.25, 0.3) is 22.4 Å². The van der Waals surface area contributed by atoms with Crippen molar-refractivity contribution in [3.8, 4) is 28.1 Å². The standard InChI is InChI=1S/C21H18F3N3O4S/c22-21(23,24)31-15-3-1-2-12(8-15)16-9-17-19(28)26-10-14(4-6-25-20(29)30)27(17)18(16)13-5-7-32-11-13/h1-3,5,7-9,11,14,25H,4,6,10H2,(H,26,28)(H,29,30)/t14-/m1/s1. The molecule has 1 atom stereocenters. The van der Waals surface area contributed by atoms with Crippen LogP contribution in [0.1, 0.15) is 23.0 Å². The molecule has 0 unspecified atom stereocenters. The van der Waals surface area contributed by atoms with E-state index in [9.17, 15) is 22.8 Å². The van der Waals surface area contributed by atoms with Crippen LogP contribution in [-0.2, 0) is 0 Å². The smallest absolute Gasteiger partial charge is 0.465 e. The molecule has 0 radical (unpaired) electrons. The van der Waals surface area contributed by atoms with E-state index in [2.05, 4.69) is 15.4 Å². The summed E-state index contributed by atoms with van der Waals surface area (Å²) in [6, 6.07) is 8.87. The van der Waals surface area contributed by atoms with Crippen molar-refractivity contribution >= 4 is 23.3 Å². The van der Waals surface area contributed by atoms with Gasteiger partial charge >= 0.3 is 12.5 Å². The number of thiophene rings is 1. The molecule has 11 heteroatoms. The van der Waals surface area contributed by atoms with Gasteiger partial charge in [0, 0.05) is 29.6 Å². The zero-order chi connectivity index (χ0) is 22.9. The van der Waals surface area contributed by atoms with Crippen LogP contribution in [0.3, 0.4) is 0 Å². The fourth-order valence-electron chi connectivity index (χ4n) is 3.82. The monoisotopic (exact) mass is 465 g/mol. The number of amides is 2. The lowest BCUT2D eigenvalue weighted by Gasteiger charge is -2.28. The van der Waals surface area contributed by atoms with Crippen LogP contribution >= 0.6 is 11.3 Å². The summed E-state index contributed by atoms with van der Waals surface area (Å²) in [4.78, 5) is 23.5. The highest BCUT2D eigenvalue weighted by molar-refractivity contribution is 7.08. The molecule has 3 N–H and O–H groups in total. The van der Waals surface area contributed by atoms with Gasteiger partial charge in [-0.2, -0.15) is 11.3 Å². The van der Waals surface area contributed by atoms with Crippen LogP contribution < -0.4 is 15.4 Å².